The molecule has 0 bridgehead atoms. The molecule has 1 aromatic carbocycles. The molecule has 0 radical (unpaired) electrons. The largest absolute Gasteiger partial charge is 0.456 e. The molecule has 2 rings (SSSR count). The Labute approximate surface area is 163 Å². The van der Waals surface area contributed by atoms with Crippen LogP contribution in [0.1, 0.15) is 25.2 Å². The van der Waals surface area contributed by atoms with Crippen LogP contribution < -0.4 is 16.8 Å². The zero-order valence-electron chi connectivity index (χ0n) is 14.9. The molecule has 1 heterocycles. The van der Waals surface area contributed by atoms with E-state index < -0.39 is 23.8 Å². The second-order valence-corrected chi connectivity index (χ2v) is 6.54. The molecule has 152 valence electrons. The van der Waals surface area contributed by atoms with E-state index >= 15 is 0 Å². The minimum atomic E-state index is -4.52. The SMILES string of the molecule is CC(C)[C@H](Nc1ccc(C(F)(F)F)cc1Cl)C(=O)OCc1nc(N)nc(N)n1. The molecule has 0 spiro atoms. The van der Waals surface area contributed by atoms with Crippen LogP contribution in [-0.2, 0) is 22.3 Å². The van der Waals surface area contributed by atoms with Crippen LogP contribution in [0, 0.1) is 5.92 Å². The highest BCUT2D eigenvalue weighted by Gasteiger charge is 2.31. The van der Waals surface area contributed by atoms with Crippen LogP contribution in [0.15, 0.2) is 18.2 Å². The first-order valence-electron chi connectivity index (χ1n) is 8.03. The number of nitrogens with zero attached hydrogens (tertiary/aromatic N) is 3. The number of rotatable bonds is 6. The standard InChI is InChI=1S/C16H18ClF3N6O2/c1-7(2)12(13(27)28-6-11-24-14(21)26-15(22)25-11)23-10-4-3-8(5-9(10)17)16(18,19)20/h3-5,7,12,23H,6H2,1-2H3,(H4,21,22,24,25,26)/t12-/m0/s1. The Hall–Kier alpha value is -2.82. The van der Waals surface area contributed by atoms with E-state index in [1.165, 1.54) is 0 Å². The van der Waals surface area contributed by atoms with E-state index in [0.717, 1.165) is 18.2 Å². The molecule has 0 saturated carbocycles. The number of nitrogens with one attached hydrogen (secondary N) is 1. The molecule has 0 amide bonds. The van der Waals surface area contributed by atoms with Crippen LogP contribution in [0.25, 0.3) is 0 Å². The normalized spacial score (nSPS) is 12.7. The summed E-state index contributed by atoms with van der Waals surface area (Å²) in [4.78, 5) is 23.6. The zero-order chi connectivity index (χ0) is 21.1. The minimum Gasteiger partial charge on any atom is -0.456 e. The average Bonchev–Trinajstić information content (AvgIpc) is 2.56. The minimum absolute atomic E-state index is 0.0634. The summed E-state index contributed by atoms with van der Waals surface area (Å²) in [6, 6.07) is 1.92. The van der Waals surface area contributed by atoms with Gasteiger partial charge in [0.2, 0.25) is 11.9 Å². The van der Waals surface area contributed by atoms with Crippen LogP contribution >= 0.6 is 11.6 Å². The van der Waals surface area contributed by atoms with E-state index in [9.17, 15) is 18.0 Å². The van der Waals surface area contributed by atoms with Crippen molar-refractivity contribution in [2.45, 2.75) is 32.7 Å². The first-order valence-corrected chi connectivity index (χ1v) is 8.41. The van der Waals surface area contributed by atoms with Gasteiger partial charge in [-0.1, -0.05) is 25.4 Å². The van der Waals surface area contributed by atoms with Crippen molar-refractivity contribution in [3.63, 3.8) is 0 Å². The molecule has 8 nitrogen and oxygen atoms in total. The number of carbonyl (C=O) groups excluding carboxylic acids is 1. The van der Waals surface area contributed by atoms with E-state index in [4.69, 9.17) is 27.8 Å². The Morgan fingerprint density at radius 2 is 1.82 bits per heavy atom. The maximum absolute atomic E-state index is 12.7. The molecule has 0 unspecified atom stereocenters. The summed E-state index contributed by atoms with van der Waals surface area (Å²) in [5.74, 6) is -1.11. The van der Waals surface area contributed by atoms with Crippen molar-refractivity contribution in [2.24, 2.45) is 5.92 Å². The van der Waals surface area contributed by atoms with Crippen LogP contribution in [0.2, 0.25) is 5.02 Å². The number of anilines is 3. The molecule has 0 aliphatic carbocycles. The highest BCUT2D eigenvalue weighted by Crippen LogP contribution is 2.34. The second-order valence-electron chi connectivity index (χ2n) is 6.13. The predicted octanol–water partition coefficient (Wildman–Crippen LogP) is 2.89. The van der Waals surface area contributed by atoms with Crippen LogP contribution in [-0.4, -0.2) is 27.0 Å². The Bertz CT molecular complexity index is 843. The number of carbonyl (C=O) groups is 1. The summed E-state index contributed by atoms with van der Waals surface area (Å²) in [7, 11) is 0. The highest BCUT2D eigenvalue weighted by molar-refractivity contribution is 6.33. The van der Waals surface area contributed by atoms with Gasteiger partial charge in [0.05, 0.1) is 16.3 Å². The topological polar surface area (TPSA) is 129 Å². The van der Waals surface area contributed by atoms with Gasteiger partial charge in [0.1, 0.15) is 6.04 Å². The van der Waals surface area contributed by atoms with Gasteiger partial charge >= 0.3 is 12.1 Å². The van der Waals surface area contributed by atoms with Crippen LogP contribution in [0.5, 0.6) is 0 Å². The van der Waals surface area contributed by atoms with Gasteiger partial charge in [-0.2, -0.15) is 28.1 Å². The Morgan fingerprint density at radius 1 is 1.21 bits per heavy atom. The van der Waals surface area contributed by atoms with E-state index in [-0.39, 0.29) is 41.0 Å². The number of hydrogen-bond acceptors (Lipinski definition) is 8. The van der Waals surface area contributed by atoms with Crippen molar-refractivity contribution in [1.82, 2.24) is 15.0 Å². The molecule has 0 aliphatic heterocycles. The Morgan fingerprint density at radius 3 is 2.32 bits per heavy atom. The predicted molar refractivity (Wildman–Crippen MR) is 97.2 cm³/mol. The quantitative estimate of drug-likeness (QED) is 0.610. The molecule has 28 heavy (non-hydrogen) atoms. The zero-order valence-corrected chi connectivity index (χ0v) is 15.7. The van der Waals surface area contributed by atoms with Gasteiger partial charge in [-0.25, -0.2) is 4.79 Å². The number of nitrogens with two attached hydrogens (primary N) is 2. The number of hydrogen-bond donors (Lipinski definition) is 3. The van der Waals surface area contributed by atoms with Gasteiger partial charge in [0, 0.05) is 0 Å². The number of aromatic nitrogens is 3. The number of alkyl halides is 3. The molecular weight excluding hydrogens is 401 g/mol. The van der Waals surface area contributed by atoms with Crippen LogP contribution in [0.4, 0.5) is 30.8 Å². The van der Waals surface area contributed by atoms with Gasteiger partial charge in [0.25, 0.3) is 0 Å². The van der Waals surface area contributed by atoms with Crippen molar-refractivity contribution in [1.29, 1.82) is 0 Å². The molecule has 1 aromatic heterocycles. The lowest BCUT2D eigenvalue weighted by Crippen LogP contribution is -2.36. The van der Waals surface area contributed by atoms with Gasteiger partial charge in [-0.15, -0.1) is 0 Å². The summed E-state index contributed by atoms with van der Waals surface area (Å²) < 4.78 is 43.4. The Kier molecular flexibility index (Phi) is 6.49. The van der Waals surface area contributed by atoms with Crippen molar-refractivity contribution in [2.75, 3.05) is 16.8 Å². The molecule has 5 N–H and O–H groups in total. The number of benzene rings is 1. The Balaban J connectivity index is 2.11. The molecule has 2 aromatic rings. The third-order valence-corrected chi connectivity index (χ3v) is 3.90. The molecule has 0 fully saturated rings. The first kappa shape index (κ1) is 21.5. The van der Waals surface area contributed by atoms with E-state index in [2.05, 4.69) is 20.3 Å². The summed E-state index contributed by atoms with van der Waals surface area (Å²) in [5.41, 5.74) is 10.2. The third-order valence-electron chi connectivity index (χ3n) is 3.59. The number of nitrogen functional groups attached to an aromatic ring is 2. The van der Waals surface area contributed by atoms with Crippen molar-refractivity contribution < 1.29 is 22.7 Å². The van der Waals surface area contributed by atoms with Crippen molar-refractivity contribution in [3.05, 3.63) is 34.6 Å². The van der Waals surface area contributed by atoms with Crippen molar-refractivity contribution >= 4 is 35.2 Å². The van der Waals surface area contributed by atoms with Gasteiger partial charge in [-0.3, -0.25) is 0 Å². The maximum atomic E-state index is 12.7. The molecular formula is C16H18ClF3N6O2. The maximum Gasteiger partial charge on any atom is 0.416 e. The molecule has 1 atom stereocenters. The number of halogens is 4. The molecule has 12 heteroatoms. The van der Waals surface area contributed by atoms with Gasteiger partial charge < -0.3 is 21.5 Å². The van der Waals surface area contributed by atoms with E-state index in [1.54, 1.807) is 13.8 Å². The lowest BCUT2D eigenvalue weighted by molar-refractivity contribution is -0.147. The fourth-order valence-corrected chi connectivity index (χ4v) is 2.46. The second kappa shape index (κ2) is 8.46. The monoisotopic (exact) mass is 418 g/mol. The van der Waals surface area contributed by atoms with Crippen LogP contribution in [0.3, 0.4) is 0 Å². The van der Waals surface area contributed by atoms with Gasteiger partial charge in [-0.05, 0) is 24.1 Å². The first-order chi connectivity index (χ1) is 13.0. The number of esters is 1. The summed E-state index contributed by atoms with van der Waals surface area (Å²) in [6.07, 6.45) is -4.52. The lowest BCUT2D eigenvalue weighted by atomic mass is 10.0. The lowest BCUT2D eigenvalue weighted by Gasteiger charge is -2.22. The van der Waals surface area contributed by atoms with E-state index in [1.807, 2.05) is 0 Å². The fraction of sp³-hybridized carbons (Fsp3) is 0.375. The van der Waals surface area contributed by atoms with Gasteiger partial charge in [0.15, 0.2) is 12.4 Å². The fourth-order valence-electron chi connectivity index (χ4n) is 2.22. The smallest absolute Gasteiger partial charge is 0.416 e. The average molecular weight is 419 g/mol. The third kappa shape index (κ3) is 5.59. The molecule has 0 aliphatic rings. The number of ether oxygens (including phenoxy) is 1. The van der Waals surface area contributed by atoms with E-state index in [0.29, 0.717) is 0 Å². The summed E-state index contributed by atoms with van der Waals surface area (Å²) in [6.45, 7) is 3.16. The summed E-state index contributed by atoms with van der Waals surface area (Å²) >= 11 is 5.93. The summed E-state index contributed by atoms with van der Waals surface area (Å²) in [5, 5.41) is 2.63. The van der Waals surface area contributed by atoms with Crippen molar-refractivity contribution in [3.8, 4) is 0 Å². The molecule has 0 saturated heterocycles. The highest BCUT2D eigenvalue weighted by atomic mass is 35.5.